The molecule has 0 bridgehead atoms. The second-order valence-corrected chi connectivity index (χ2v) is 5.13. The molecule has 0 amide bonds. The first-order valence-electron chi connectivity index (χ1n) is 5.79. The predicted octanol–water partition coefficient (Wildman–Crippen LogP) is 3.57. The van der Waals surface area contributed by atoms with Crippen molar-refractivity contribution in [2.45, 2.75) is 13.8 Å². The molecule has 1 aromatic carbocycles. The van der Waals surface area contributed by atoms with Crippen LogP contribution in [0.4, 0.5) is 17.5 Å². The lowest BCUT2D eigenvalue weighted by atomic mass is 10.3. The number of anilines is 3. The summed E-state index contributed by atoms with van der Waals surface area (Å²) in [4.78, 5) is 8.73. The lowest BCUT2D eigenvalue weighted by molar-refractivity contribution is 1.05. The molecular formula is C13H15IN4. The average Bonchev–Trinajstić information content (AvgIpc) is 2.28. The summed E-state index contributed by atoms with van der Waals surface area (Å²) in [5.41, 5.74) is 1.97. The average molecular weight is 354 g/mol. The van der Waals surface area contributed by atoms with Gasteiger partial charge in [0.2, 0.25) is 5.95 Å². The minimum absolute atomic E-state index is 0.658. The molecular weight excluding hydrogens is 339 g/mol. The van der Waals surface area contributed by atoms with Gasteiger partial charge < -0.3 is 10.6 Å². The molecule has 0 radical (unpaired) electrons. The van der Waals surface area contributed by atoms with Gasteiger partial charge in [-0.05, 0) is 54.6 Å². The van der Waals surface area contributed by atoms with Crippen LogP contribution in [0.1, 0.15) is 12.6 Å². The van der Waals surface area contributed by atoms with Crippen LogP contribution in [0.5, 0.6) is 0 Å². The number of benzene rings is 1. The fourth-order valence-electron chi connectivity index (χ4n) is 1.58. The molecule has 94 valence electrons. The summed E-state index contributed by atoms with van der Waals surface area (Å²) in [5, 5.41) is 6.41. The monoisotopic (exact) mass is 354 g/mol. The zero-order chi connectivity index (χ0) is 13.0. The van der Waals surface area contributed by atoms with Gasteiger partial charge in [-0.25, -0.2) is 4.98 Å². The molecule has 1 aromatic heterocycles. The lowest BCUT2D eigenvalue weighted by Crippen LogP contribution is -2.05. The van der Waals surface area contributed by atoms with E-state index in [9.17, 15) is 0 Å². The zero-order valence-corrected chi connectivity index (χ0v) is 12.5. The summed E-state index contributed by atoms with van der Waals surface area (Å²) in [6.07, 6.45) is 0. The molecule has 0 aliphatic rings. The molecule has 0 unspecified atom stereocenters. The maximum atomic E-state index is 4.41. The molecule has 1 heterocycles. The fraction of sp³-hybridized carbons (Fsp3) is 0.231. The number of hydrogen-bond acceptors (Lipinski definition) is 4. The van der Waals surface area contributed by atoms with Gasteiger partial charge in [0.25, 0.3) is 0 Å². The van der Waals surface area contributed by atoms with Crippen LogP contribution in [-0.4, -0.2) is 16.5 Å². The topological polar surface area (TPSA) is 49.8 Å². The Bertz CT molecular complexity index is 542. The van der Waals surface area contributed by atoms with Crippen LogP contribution >= 0.6 is 22.6 Å². The third kappa shape index (κ3) is 3.56. The van der Waals surface area contributed by atoms with E-state index in [1.165, 1.54) is 3.57 Å². The van der Waals surface area contributed by atoms with Crippen molar-refractivity contribution in [1.29, 1.82) is 0 Å². The van der Waals surface area contributed by atoms with Crippen molar-refractivity contribution in [3.63, 3.8) is 0 Å². The molecule has 0 aliphatic carbocycles. The van der Waals surface area contributed by atoms with Gasteiger partial charge in [0.05, 0.1) is 0 Å². The molecule has 0 spiro atoms. The highest BCUT2D eigenvalue weighted by atomic mass is 127. The van der Waals surface area contributed by atoms with Crippen molar-refractivity contribution < 1.29 is 0 Å². The number of hydrogen-bond donors (Lipinski definition) is 2. The summed E-state index contributed by atoms with van der Waals surface area (Å²) < 4.78 is 1.19. The quantitative estimate of drug-likeness (QED) is 0.825. The Morgan fingerprint density at radius 2 is 2.06 bits per heavy atom. The highest BCUT2D eigenvalue weighted by Gasteiger charge is 2.02. The van der Waals surface area contributed by atoms with Gasteiger partial charge in [-0.2, -0.15) is 4.98 Å². The third-order valence-electron chi connectivity index (χ3n) is 2.29. The van der Waals surface area contributed by atoms with Crippen LogP contribution in [0.3, 0.4) is 0 Å². The number of nitrogens with one attached hydrogen (secondary N) is 2. The van der Waals surface area contributed by atoms with Gasteiger partial charge in [-0.15, -0.1) is 0 Å². The van der Waals surface area contributed by atoms with E-state index < -0.39 is 0 Å². The van der Waals surface area contributed by atoms with E-state index in [0.29, 0.717) is 5.95 Å². The van der Waals surface area contributed by atoms with Crippen molar-refractivity contribution in [3.8, 4) is 0 Å². The Morgan fingerprint density at radius 3 is 2.78 bits per heavy atom. The van der Waals surface area contributed by atoms with Gasteiger partial charge in [0.15, 0.2) is 0 Å². The molecule has 0 fully saturated rings. The van der Waals surface area contributed by atoms with Crippen LogP contribution in [0.2, 0.25) is 0 Å². The van der Waals surface area contributed by atoms with E-state index >= 15 is 0 Å². The van der Waals surface area contributed by atoms with E-state index in [1.807, 2.05) is 32.0 Å². The second-order valence-electron chi connectivity index (χ2n) is 3.88. The number of aromatic nitrogens is 2. The lowest BCUT2D eigenvalue weighted by Gasteiger charge is -2.09. The SMILES string of the molecule is CCNc1nc(C)cc(Nc2cccc(I)c2)n1. The van der Waals surface area contributed by atoms with E-state index in [-0.39, 0.29) is 0 Å². The predicted molar refractivity (Wildman–Crippen MR) is 83.4 cm³/mol. The normalized spacial score (nSPS) is 10.2. The van der Waals surface area contributed by atoms with Crippen LogP contribution in [0, 0.1) is 10.5 Å². The zero-order valence-electron chi connectivity index (χ0n) is 10.4. The first kappa shape index (κ1) is 13.1. The number of halogens is 1. The Kier molecular flexibility index (Phi) is 4.35. The fourth-order valence-corrected chi connectivity index (χ4v) is 2.13. The number of aryl methyl sites for hydroxylation is 1. The summed E-state index contributed by atoms with van der Waals surface area (Å²) in [5.74, 6) is 1.46. The standard InChI is InChI=1S/C13H15IN4/c1-3-15-13-16-9(2)7-12(18-13)17-11-6-4-5-10(14)8-11/h4-8H,3H2,1-2H3,(H2,15,16,17,18). The highest BCUT2D eigenvalue weighted by molar-refractivity contribution is 14.1. The summed E-state index contributed by atoms with van der Waals surface area (Å²) in [6, 6.07) is 10.1. The van der Waals surface area contributed by atoms with Gasteiger partial charge >= 0.3 is 0 Å². The Balaban J connectivity index is 2.23. The first-order valence-corrected chi connectivity index (χ1v) is 6.87. The Morgan fingerprint density at radius 1 is 1.22 bits per heavy atom. The molecule has 5 heteroatoms. The summed E-state index contributed by atoms with van der Waals surface area (Å²) >= 11 is 2.29. The molecule has 18 heavy (non-hydrogen) atoms. The molecule has 0 saturated carbocycles. The van der Waals surface area contributed by atoms with Crippen molar-refractivity contribution in [3.05, 3.63) is 39.6 Å². The minimum Gasteiger partial charge on any atom is -0.354 e. The molecule has 2 aromatic rings. The van der Waals surface area contributed by atoms with Gasteiger partial charge in [0, 0.05) is 27.6 Å². The maximum Gasteiger partial charge on any atom is 0.224 e. The molecule has 4 nitrogen and oxygen atoms in total. The molecule has 0 aliphatic heterocycles. The van der Waals surface area contributed by atoms with E-state index in [4.69, 9.17) is 0 Å². The second kappa shape index (κ2) is 5.99. The van der Waals surface area contributed by atoms with Crippen molar-refractivity contribution >= 4 is 40.0 Å². The van der Waals surface area contributed by atoms with E-state index in [2.05, 4.69) is 55.3 Å². The molecule has 0 atom stereocenters. The van der Waals surface area contributed by atoms with E-state index in [1.54, 1.807) is 0 Å². The largest absolute Gasteiger partial charge is 0.354 e. The van der Waals surface area contributed by atoms with Gasteiger partial charge in [-0.3, -0.25) is 0 Å². The van der Waals surface area contributed by atoms with Gasteiger partial charge in [-0.1, -0.05) is 6.07 Å². The molecule has 0 saturated heterocycles. The van der Waals surface area contributed by atoms with Crippen LogP contribution in [0.15, 0.2) is 30.3 Å². The minimum atomic E-state index is 0.658. The van der Waals surface area contributed by atoms with Crippen LogP contribution in [0.25, 0.3) is 0 Å². The first-order chi connectivity index (χ1) is 8.67. The molecule has 2 N–H and O–H groups in total. The smallest absolute Gasteiger partial charge is 0.224 e. The maximum absolute atomic E-state index is 4.41. The Labute approximate surface area is 120 Å². The molecule has 2 rings (SSSR count). The van der Waals surface area contributed by atoms with Crippen LogP contribution in [-0.2, 0) is 0 Å². The van der Waals surface area contributed by atoms with Crippen LogP contribution < -0.4 is 10.6 Å². The number of rotatable bonds is 4. The van der Waals surface area contributed by atoms with Gasteiger partial charge in [0.1, 0.15) is 5.82 Å². The Hall–Kier alpha value is -1.37. The summed E-state index contributed by atoms with van der Waals surface area (Å²) in [7, 11) is 0. The highest BCUT2D eigenvalue weighted by Crippen LogP contribution is 2.18. The van der Waals surface area contributed by atoms with E-state index in [0.717, 1.165) is 23.7 Å². The van der Waals surface area contributed by atoms with Crippen molar-refractivity contribution in [2.24, 2.45) is 0 Å². The number of nitrogens with zero attached hydrogens (tertiary/aromatic N) is 2. The summed E-state index contributed by atoms with van der Waals surface area (Å²) in [6.45, 7) is 4.80. The third-order valence-corrected chi connectivity index (χ3v) is 2.96. The van der Waals surface area contributed by atoms with Crippen molar-refractivity contribution in [2.75, 3.05) is 17.2 Å². The van der Waals surface area contributed by atoms with Crippen molar-refractivity contribution in [1.82, 2.24) is 9.97 Å².